The van der Waals surface area contributed by atoms with Crippen LogP contribution >= 0.6 is 11.3 Å². The lowest BCUT2D eigenvalue weighted by molar-refractivity contribution is -0.387. The Morgan fingerprint density at radius 3 is 2.72 bits per heavy atom. The van der Waals surface area contributed by atoms with Gasteiger partial charge in [0.2, 0.25) is 5.82 Å². The zero-order valence-electron chi connectivity index (χ0n) is 8.76. The van der Waals surface area contributed by atoms with Crippen LogP contribution in [0.25, 0.3) is 10.6 Å². The molecule has 0 radical (unpaired) electrons. The van der Waals surface area contributed by atoms with Crippen molar-refractivity contribution >= 4 is 17.0 Å². The first-order valence-corrected chi connectivity index (χ1v) is 5.60. The number of nitrogens with zero attached hydrogens (tertiary/aromatic N) is 2. The number of thiazole rings is 1. The lowest BCUT2D eigenvalue weighted by Gasteiger charge is -2.01. The second kappa shape index (κ2) is 4.75. The van der Waals surface area contributed by atoms with Crippen LogP contribution in [0.1, 0.15) is 5.69 Å². The summed E-state index contributed by atoms with van der Waals surface area (Å²) in [6.45, 7) is -0.366. The van der Waals surface area contributed by atoms with E-state index in [2.05, 4.69) is 4.98 Å². The highest BCUT2D eigenvalue weighted by atomic mass is 32.1. The Kier molecular flexibility index (Phi) is 3.30. The number of aromatic nitrogens is 1. The fraction of sp³-hybridized carbons (Fsp3) is 0.100. The van der Waals surface area contributed by atoms with Gasteiger partial charge in [-0.25, -0.2) is 9.37 Å². The number of halogens is 2. The van der Waals surface area contributed by atoms with Gasteiger partial charge in [-0.3, -0.25) is 10.1 Å². The van der Waals surface area contributed by atoms with Crippen LogP contribution in [-0.2, 0) is 6.61 Å². The van der Waals surface area contributed by atoms with Gasteiger partial charge in [-0.15, -0.1) is 11.3 Å². The number of hydrogen-bond donors (Lipinski definition) is 1. The molecule has 94 valence electrons. The summed E-state index contributed by atoms with van der Waals surface area (Å²) in [7, 11) is 0. The smallest absolute Gasteiger partial charge is 0.305 e. The molecule has 1 aromatic carbocycles. The topological polar surface area (TPSA) is 76.3 Å². The van der Waals surface area contributed by atoms with Crippen molar-refractivity contribution in [2.24, 2.45) is 0 Å². The van der Waals surface area contributed by atoms with Gasteiger partial charge in [-0.05, 0) is 6.07 Å². The SMILES string of the molecule is O=[N+]([O-])c1ccc(F)c(-c2nc(CO)cs2)c1F. The number of nitro benzene ring substituents is 1. The average Bonchev–Trinajstić information content (AvgIpc) is 2.77. The van der Waals surface area contributed by atoms with Crippen molar-refractivity contribution < 1.29 is 18.8 Å². The first-order chi connectivity index (χ1) is 8.54. The van der Waals surface area contributed by atoms with E-state index in [1.54, 1.807) is 0 Å². The maximum atomic E-state index is 13.8. The molecule has 0 fully saturated rings. The van der Waals surface area contributed by atoms with Crippen molar-refractivity contribution in [3.63, 3.8) is 0 Å². The molecule has 0 aliphatic carbocycles. The molecule has 0 spiro atoms. The Hall–Kier alpha value is -1.93. The van der Waals surface area contributed by atoms with Crippen LogP contribution < -0.4 is 0 Å². The molecule has 0 atom stereocenters. The molecule has 0 bridgehead atoms. The standard InChI is InChI=1S/C10H6F2N2O3S/c11-6-1-2-7(14(16)17)9(12)8(6)10-13-5(3-15)4-18-10/h1-2,4,15H,3H2. The van der Waals surface area contributed by atoms with E-state index in [-0.39, 0.29) is 17.3 Å². The molecular formula is C10H6F2N2O3S. The highest BCUT2D eigenvalue weighted by Crippen LogP contribution is 2.33. The summed E-state index contributed by atoms with van der Waals surface area (Å²) in [4.78, 5) is 13.4. The van der Waals surface area contributed by atoms with E-state index in [1.165, 1.54) is 5.38 Å². The molecule has 2 aromatic rings. The number of benzene rings is 1. The van der Waals surface area contributed by atoms with Crippen LogP contribution in [0.5, 0.6) is 0 Å². The van der Waals surface area contributed by atoms with Crippen LogP contribution in [0.4, 0.5) is 14.5 Å². The van der Waals surface area contributed by atoms with Gasteiger partial charge in [0.15, 0.2) is 0 Å². The fourth-order valence-electron chi connectivity index (χ4n) is 1.37. The first-order valence-electron chi connectivity index (χ1n) is 4.72. The van der Waals surface area contributed by atoms with Crippen molar-refractivity contribution in [3.05, 3.63) is 45.0 Å². The van der Waals surface area contributed by atoms with E-state index in [1.807, 2.05) is 0 Å². The number of rotatable bonds is 3. The van der Waals surface area contributed by atoms with Crippen LogP contribution in [0.3, 0.4) is 0 Å². The lowest BCUT2D eigenvalue weighted by atomic mass is 10.2. The molecule has 0 aliphatic rings. The van der Waals surface area contributed by atoms with Gasteiger partial charge in [-0.1, -0.05) is 0 Å². The lowest BCUT2D eigenvalue weighted by Crippen LogP contribution is -1.97. The van der Waals surface area contributed by atoms with E-state index < -0.39 is 27.8 Å². The molecule has 1 N–H and O–H groups in total. The van der Waals surface area contributed by atoms with Gasteiger partial charge < -0.3 is 5.11 Å². The minimum absolute atomic E-state index is 0.0437. The number of aliphatic hydroxyl groups excluding tert-OH is 1. The van der Waals surface area contributed by atoms with Crippen molar-refractivity contribution in [1.82, 2.24) is 4.98 Å². The van der Waals surface area contributed by atoms with Gasteiger partial charge in [0, 0.05) is 11.4 Å². The normalized spacial score (nSPS) is 10.6. The molecule has 18 heavy (non-hydrogen) atoms. The van der Waals surface area contributed by atoms with E-state index in [0.29, 0.717) is 0 Å². The van der Waals surface area contributed by atoms with Crippen molar-refractivity contribution in [2.75, 3.05) is 0 Å². The first kappa shape index (κ1) is 12.5. The second-order valence-electron chi connectivity index (χ2n) is 3.31. The Morgan fingerprint density at radius 1 is 1.44 bits per heavy atom. The molecule has 5 nitrogen and oxygen atoms in total. The van der Waals surface area contributed by atoms with Crippen LogP contribution in [0.2, 0.25) is 0 Å². The predicted octanol–water partition coefficient (Wildman–Crippen LogP) is 2.49. The van der Waals surface area contributed by atoms with Crippen molar-refractivity contribution in [3.8, 4) is 10.6 Å². The molecule has 1 heterocycles. The summed E-state index contributed by atoms with van der Waals surface area (Å²) >= 11 is 0.902. The summed E-state index contributed by atoms with van der Waals surface area (Å²) in [6.07, 6.45) is 0. The van der Waals surface area contributed by atoms with E-state index >= 15 is 0 Å². The second-order valence-corrected chi connectivity index (χ2v) is 4.17. The maximum Gasteiger partial charge on any atom is 0.305 e. The van der Waals surface area contributed by atoms with Crippen LogP contribution in [-0.4, -0.2) is 15.0 Å². The van der Waals surface area contributed by atoms with Gasteiger partial charge in [-0.2, -0.15) is 4.39 Å². The quantitative estimate of drug-likeness (QED) is 0.688. The fourth-order valence-corrected chi connectivity index (χ4v) is 2.22. The Labute approximate surface area is 103 Å². The third-order valence-electron chi connectivity index (χ3n) is 2.20. The van der Waals surface area contributed by atoms with E-state index in [0.717, 1.165) is 23.5 Å². The summed E-state index contributed by atoms with van der Waals surface area (Å²) in [5.41, 5.74) is -1.11. The van der Waals surface area contributed by atoms with Crippen LogP contribution in [0.15, 0.2) is 17.5 Å². The predicted molar refractivity (Wildman–Crippen MR) is 60.0 cm³/mol. The minimum atomic E-state index is -1.26. The molecular weight excluding hydrogens is 266 g/mol. The summed E-state index contributed by atoms with van der Waals surface area (Å²) in [5.74, 6) is -2.20. The summed E-state index contributed by atoms with van der Waals surface area (Å²) in [5, 5.41) is 20.8. The zero-order valence-corrected chi connectivity index (χ0v) is 9.58. The van der Waals surface area contributed by atoms with Gasteiger partial charge in [0.1, 0.15) is 10.8 Å². The summed E-state index contributed by atoms with van der Waals surface area (Å²) in [6, 6.07) is 1.57. The molecule has 0 aliphatic heterocycles. The zero-order chi connectivity index (χ0) is 13.3. The molecule has 0 unspecified atom stereocenters. The average molecular weight is 272 g/mol. The molecule has 1 aromatic heterocycles. The summed E-state index contributed by atoms with van der Waals surface area (Å²) < 4.78 is 27.3. The third-order valence-corrected chi connectivity index (χ3v) is 3.10. The van der Waals surface area contributed by atoms with E-state index in [4.69, 9.17) is 5.11 Å². The van der Waals surface area contributed by atoms with Crippen LogP contribution in [0, 0.1) is 21.7 Å². The Bertz CT molecular complexity index is 615. The largest absolute Gasteiger partial charge is 0.390 e. The van der Waals surface area contributed by atoms with Crippen molar-refractivity contribution in [2.45, 2.75) is 6.61 Å². The number of hydrogen-bond acceptors (Lipinski definition) is 5. The Balaban J connectivity index is 2.62. The number of nitro groups is 1. The van der Waals surface area contributed by atoms with Crippen molar-refractivity contribution in [1.29, 1.82) is 0 Å². The van der Waals surface area contributed by atoms with E-state index in [9.17, 15) is 18.9 Å². The maximum absolute atomic E-state index is 13.8. The minimum Gasteiger partial charge on any atom is -0.390 e. The molecule has 0 amide bonds. The third kappa shape index (κ3) is 2.07. The number of aliphatic hydroxyl groups is 1. The highest BCUT2D eigenvalue weighted by Gasteiger charge is 2.24. The molecule has 0 saturated heterocycles. The Morgan fingerprint density at radius 2 is 2.17 bits per heavy atom. The monoisotopic (exact) mass is 272 g/mol. The van der Waals surface area contributed by atoms with Gasteiger partial charge >= 0.3 is 5.69 Å². The van der Waals surface area contributed by atoms with Gasteiger partial charge in [0.05, 0.1) is 22.8 Å². The molecule has 2 rings (SSSR count). The molecule has 0 saturated carbocycles. The molecule has 8 heteroatoms. The highest BCUT2D eigenvalue weighted by molar-refractivity contribution is 7.13. The van der Waals surface area contributed by atoms with Gasteiger partial charge in [0.25, 0.3) is 0 Å².